The van der Waals surface area contributed by atoms with E-state index in [0.29, 0.717) is 13.0 Å². The molecule has 1 heterocycles. The highest BCUT2D eigenvalue weighted by Crippen LogP contribution is 2.20. The molecule has 1 aliphatic carbocycles. The van der Waals surface area contributed by atoms with Gasteiger partial charge in [0, 0.05) is 14.7 Å². The number of carboxylic acids is 1. The van der Waals surface area contributed by atoms with Crippen molar-refractivity contribution >= 4 is 39.3 Å². The number of carbonyl (C=O) groups excluding carboxylic acids is 1. The molecule has 0 saturated heterocycles. The van der Waals surface area contributed by atoms with Gasteiger partial charge in [-0.2, -0.15) is 0 Å². The Hall–Kier alpha value is -1.34. The molecular formula is C12H13BrN2O3S. The summed E-state index contributed by atoms with van der Waals surface area (Å²) in [6.07, 6.45) is 3.75. The molecule has 2 unspecified atom stereocenters. The quantitative estimate of drug-likeness (QED) is 0.733. The third-order valence-corrected chi connectivity index (χ3v) is 4.46. The van der Waals surface area contributed by atoms with Crippen LogP contribution in [0.5, 0.6) is 0 Å². The summed E-state index contributed by atoms with van der Waals surface area (Å²) in [5.41, 5.74) is 0. The summed E-state index contributed by atoms with van der Waals surface area (Å²) in [6.45, 7) is 0.459. The topological polar surface area (TPSA) is 78.4 Å². The molecule has 1 aromatic rings. The van der Waals surface area contributed by atoms with E-state index in [9.17, 15) is 9.59 Å². The summed E-state index contributed by atoms with van der Waals surface area (Å²) in [4.78, 5) is 23.5. The molecule has 2 amide bonds. The van der Waals surface area contributed by atoms with Crippen molar-refractivity contribution in [3.05, 3.63) is 32.9 Å². The smallest absolute Gasteiger partial charge is 0.315 e. The van der Waals surface area contributed by atoms with Gasteiger partial charge in [-0.1, -0.05) is 12.2 Å². The zero-order chi connectivity index (χ0) is 13.8. The molecule has 0 fully saturated rings. The molecule has 0 aromatic carbocycles. The summed E-state index contributed by atoms with van der Waals surface area (Å²) in [5.74, 6) is -1.36. The predicted octanol–water partition coefficient (Wildman–Crippen LogP) is 2.34. The van der Waals surface area contributed by atoms with Gasteiger partial charge in [0.25, 0.3) is 0 Å². The van der Waals surface area contributed by atoms with Crippen molar-refractivity contribution in [3.8, 4) is 0 Å². The third kappa shape index (κ3) is 4.07. The van der Waals surface area contributed by atoms with Gasteiger partial charge in [0.2, 0.25) is 0 Å². The molecule has 19 heavy (non-hydrogen) atoms. The van der Waals surface area contributed by atoms with Gasteiger partial charge in [-0.3, -0.25) is 4.79 Å². The minimum absolute atomic E-state index is 0.212. The van der Waals surface area contributed by atoms with Crippen molar-refractivity contribution < 1.29 is 14.7 Å². The van der Waals surface area contributed by atoms with Gasteiger partial charge in [-0.25, -0.2) is 4.79 Å². The summed E-state index contributed by atoms with van der Waals surface area (Å²) in [7, 11) is 0. The Balaban J connectivity index is 1.74. The first-order valence-corrected chi connectivity index (χ1v) is 7.40. The Morgan fingerprint density at radius 1 is 1.47 bits per heavy atom. The van der Waals surface area contributed by atoms with E-state index in [1.807, 2.05) is 11.4 Å². The molecule has 2 atom stereocenters. The molecule has 1 aliphatic rings. The van der Waals surface area contributed by atoms with E-state index in [2.05, 4.69) is 26.6 Å². The molecule has 102 valence electrons. The molecule has 1 aromatic heterocycles. The number of carboxylic acid groups (broad SMARTS) is 1. The highest BCUT2D eigenvalue weighted by atomic mass is 79.9. The lowest BCUT2D eigenvalue weighted by Crippen LogP contribution is -2.40. The molecule has 0 bridgehead atoms. The molecule has 0 saturated carbocycles. The van der Waals surface area contributed by atoms with Crippen molar-refractivity contribution in [3.63, 3.8) is 0 Å². The summed E-state index contributed by atoms with van der Waals surface area (Å²) >= 11 is 4.91. The fraction of sp³-hybridized carbons (Fsp3) is 0.333. The van der Waals surface area contributed by atoms with E-state index in [1.165, 1.54) is 0 Å². The Bertz CT molecular complexity index is 515. The van der Waals surface area contributed by atoms with Gasteiger partial charge < -0.3 is 15.7 Å². The third-order valence-electron chi connectivity index (χ3n) is 2.76. The number of amides is 2. The standard InChI is InChI=1S/C12H13BrN2O3S/c13-8-4-10(19-6-8)5-14-12(18)15-9-2-1-7(3-9)11(16)17/h1-2,4,6-7,9H,3,5H2,(H,16,17)(H2,14,15,18). The normalized spacial score (nSPS) is 21.3. The van der Waals surface area contributed by atoms with Gasteiger partial charge in [-0.15, -0.1) is 11.3 Å². The van der Waals surface area contributed by atoms with Crippen molar-refractivity contribution in [2.75, 3.05) is 0 Å². The molecule has 2 rings (SSSR count). The number of rotatable bonds is 4. The van der Waals surface area contributed by atoms with Crippen molar-refractivity contribution in [2.24, 2.45) is 5.92 Å². The molecule has 5 nitrogen and oxygen atoms in total. The van der Waals surface area contributed by atoms with Crippen LogP contribution in [0.25, 0.3) is 0 Å². The van der Waals surface area contributed by atoms with Crippen LogP contribution in [0.1, 0.15) is 11.3 Å². The Morgan fingerprint density at radius 3 is 2.84 bits per heavy atom. The average molecular weight is 345 g/mol. The monoisotopic (exact) mass is 344 g/mol. The van der Waals surface area contributed by atoms with Crippen LogP contribution >= 0.6 is 27.3 Å². The first-order valence-electron chi connectivity index (χ1n) is 5.73. The maximum atomic E-state index is 11.6. The number of carbonyl (C=O) groups is 2. The largest absolute Gasteiger partial charge is 0.481 e. The Morgan fingerprint density at radius 2 is 2.26 bits per heavy atom. The van der Waals surface area contributed by atoms with Crippen LogP contribution in [-0.4, -0.2) is 23.1 Å². The summed E-state index contributed by atoms with van der Waals surface area (Å²) < 4.78 is 0.998. The zero-order valence-corrected chi connectivity index (χ0v) is 12.3. The number of halogens is 1. The molecule has 0 aliphatic heterocycles. The molecule has 3 N–H and O–H groups in total. The van der Waals surface area contributed by atoms with Gasteiger partial charge in [0.15, 0.2) is 0 Å². The number of aliphatic carboxylic acids is 1. The first-order chi connectivity index (χ1) is 9.04. The highest BCUT2D eigenvalue weighted by molar-refractivity contribution is 9.10. The fourth-order valence-corrected chi connectivity index (χ4v) is 3.21. The van der Waals surface area contributed by atoms with Gasteiger partial charge in [0.05, 0.1) is 18.5 Å². The van der Waals surface area contributed by atoms with Crippen LogP contribution in [-0.2, 0) is 11.3 Å². The lowest BCUT2D eigenvalue weighted by atomic mass is 10.1. The second-order valence-corrected chi connectivity index (χ2v) is 6.14. The zero-order valence-electron chi connectivity index (χ0n) is 9.93. The van der Waals surface area contributed by atoms with E-state index in [-0.39, 0.29) is 12.1 Å². The maximum Gasteiger partial charge on any atom is 0.315 e. The van der Waals surface area contributed by atoms with Crippen molar-refractivity contribution in [1.29, 1.82) is 0 Å². The number of hydrogen-bond donors (Lipinski definition) is 3. The highest BCUT2D eigenvalue weighted by Gasteiger charge is 2.25. The van der Waals surface area contributed by atoms with Crippen LogP contribution < -0.4 is 10.6 Å². The number of urea groups is 1. The molecule has 0 radical (unpaired) electrons. The lowest BCUT2D eigenvalue weighted by Gasteiger charge is -2.12. The minimum atomic E-state index is -0.857. The first kappa shape index (κ1) is 14.1. The van der Waals surface area contributed by atoms with Gasteiger partial charge >= 0.3 is 12.0 Å². The number of thiophene rings is 1. The molecular weight excluding hydrogens is 332 g/mol. The molecule has 0 spiro atoms. The van der Waals surface area contributed by atoms with E-state index in [1.54, 1.807) is 23.5 Å². The van der Waals surface area contributed by atoms with Gasteiger partial charge in [0.1, 0.15) is 0 Å². The van der Waals surface area contributed by atoms with Gasteiger partial charge in [-0.05, 0) is 28.4 Å². The SMILES string of the molecule is O=C(NCc1cc(Br)cs1)NC1C=CC(C(=O)O)C1. The number of hydrogen-bond acceptors (Lipinski definition) is 3. The van der Waals surface area contributed by atoms with Crippen LogP contribution in [0.2, 0.25) is 0 Å². The second-order valence-electron chi connectivity index (χ2n) is 4.23. The van der Waals surface area contributed by atoms with Crippen LogP contribution in [0.4, 0.5) is 4.79 Å². The van der Waals surface area contributed by atoms with Crippen LogP contribution in [0.3, 0.4) is 0 Å². The van der Waals surface area contributed by atoms with E-state index in [4.69, 9.17) is 5.11 Å². The summed E-state index contributed by atoms with van der Waals surface area (Å²) in [6, 6.07) is 1.45. The average Bonchev–Trinajstić information content (AvgIpc) is 2.96. The van der Waals surface area contributed by atoms with Crippen molar-refractivity contribution in [1.82, 2.24) is 10.6 Å². The number of nitrogens with one attached hydrogen (secondary N) is 2. The Labute approximate surface area is 122 Å². The lowest BCUT2D eigenvalue weighted by molar-refractivity contribution is -0.140. The van der Waals surface area contributed by atoms with Crippen LogP contribution in [0, 0.1) is 5.92 Å². The maximum absolute atomic E-state index is 11.6. The molecule has 7 heteroatoms. The van der Waals surface area contributed by atoms with Crippen molar-refractivity contribution in [2.45, 2.75) is 19.0 Å². The minimum Gasteiger partial charge on any atom is -0.481 e. The second kappa shape index (κ2) is 6.21. The predicted molar refractivity (Wildman–Crippen MR) is 76.1 cm³/mol. The van der Waals surface area contributed by atoms with E-state index >= 15 is 0 Å². The van der Waals surface area contributed by atoms with E-state index in [0.717, 1.165) is 9.35 Å². The van der Waals surface area contributed by atoms with Crippen LogP contribution in [0.15, 0.2) is 28.1 Å². The fourth-order valence-electron chi connectivity index (χ4n) is 1.82. The summed E-state index contributed by atoms with van der Waals surface area (Å²) in [5, 5.41) is 16.3. The Kier molecular flexibility index (Phi) is 4.60. The van der Waals surface area contributed by atoms with E-state index < -0.39 is 11.9 Å².